The number of aliphatic hydroxyl groups is 1. The molecule has 0 aliphatic carbocycles. The van der Waals surface area contributed by atoms with Crippen LogP contribution in [0, 0.1) is 11.3 Å². The normalized spacial score (nSPS) is 17.2. The number of hydrogen-bond donors (Lipinski definition) is 2. The number of anilines is 1. The van der Waals surface area contributed by atoms with Gasteiger partial charge in [0.1, 0.15) is 17.9 Å². The molecule has 1 aromatic carbocycles. The van der Waals surface area contributed by atoms with Gasteiger partial charge in [0.25, 0.3) is 11.5 Å². The third kappa shape index (κ3) is 7.27. The lowest BCUT2D eigenvalue weighted by molar-refractivity contribution is -0.140. The maximum absolute atomic E-state index is 13.5. The van der Waals surface area contributed by atoms with Gasteiger partial charge in [-0.3, -0.25) is 18.7 Å². The Morgan fingerprint density at radius 3 is 2.54 bits per heavy atom. The average molecular weight is 552 g/mol. The molecule has 1 amide bonds. The first-order valence-electron chi connectivity index (χ1n) is 12.7. The van der Waals surface area contributed by atoms with E-state index in [0.717, 1.165) is 4.57 Å². The zero-order valence-corrected chi connectivity index (χ0v) is 21.8. The highest BCUT2D eigenvalue weighted by Gasteiger charge is 2.37. The number of nitrogens with zero attached hydrogens (tertiary/aromatic N) is 4. The predicted molar refractivity (Wildman–Crippen MR) is 136 cm³/mol. The van der Waals surface area contributed by atoms with E-state index in [4.69, 9.17) is 4.74 Å². The van der Waals surface area contributed by atoms with Crippen molar-refractivity contribution in [2.75, 3.05) is 32.1 Å². The number of benzene rings is 1. The van der Waals surface area contributed by atoms with Crippen LogP contribution in [-0.2, 0) is 17.5 Å². The smallest absolute Gasteiger partial charge is 0.394 e. The molecular formula is C26H32F3N5O5. The maximum atomic E-state index is 13.5. The molecule has 0 saturated carbocycles. The highest BCUT2D eigenvalue weighted by Crippen LogP contribution is 2.30. The van der Waals surface area contributed by atoms with Gasteiger partial charge in [-0.2, -0.15) is 18.4 Å². The lowest BCUT2D eigenvalue weighted by Crippen LogP contribution is -2.44. The van der Waals surface area contributed by atoms with Crippen LogP contribution in [0.5, 0.6) is 0 Å². The van der Waals surface area contributed by atoms with Crippen molar-refractivity contribution in [2.45, 2.75) is 63.6 Å². The fourth-order valence-electron chi connectivity index (χ4n) is 4.45. The fourth-order valence-corrected chi connectivity index (χ4v) is 4.45. The summed E-state index contributed by atoms with van der Waals surface area (Å²) in [5.41, 5.74) is -2.30. The molecule has 212 valence electrons. The molecule has 3 rings (SSSR count). The number of rotatable bonds is 11. The zero-order valence-electron chi connectivity index (χ0n) is 21.8. The lowest BCUT2D eigenvalue weighted by atomic mass is 10.1. The number of hydrogen-bond acceptors (Lipinski definition) is 7. The van der Waals surface area contributed by atoms with Crippen molar-refractivity contribution < 1.29 is 27.8 Å². The van der Waals surface area contributed by atoms with Gasteiger partial charge < -0.3 is 20.1 Å². The second kappa shape index (κ2) is 12.9. The molecule has 1 aliphatic rings. The van der Waals surface area contributed by atoms with E-state index < -0.39 is 35.3 Å². The molecule has 0 spiro atoms. The lowest BCUT2D eigenvalue weighted by Gasteiger charge is -2.19. The molecule has 1 aromatic heterocycles. The minimum atomic E-state index is -4.94. The van der Waals surface area contributed by atoms with Crippen molar-refractivity contribution in [1.82, 2.24) is 14.5 Å². The number of carbonyl (C=O) groups is 1. The number of amides is 1. The molecule has 1 saturated heterocycles. The third-order valence-electron chi connectivity index (χ3n) is 6.56. The molecule has 2 N–H and O–H groups in total. The van der Waals surface area contributed by atoms with Gasteiger partial charge in [0.05, 0.1) is 24.0 Å². The molecule has 0 unspecified atom stereocenters. The largest absolute Gasteiger partial charge is 0.423 e. The standard InChI is InChI=1S/C26H32F3N5O5/c1-32(2)21-9-7-17(13-18(21)14-30)23(36)31-11-5-3-4-6-12-33-24(37)20(26(27,28)29)15-34(25(33)38)22-10-8-19(16-35)39-22/h7,9,13,15,19,22,35H,3-6,8,10-12,16H2,1-2H3,(H,31,36)/t19-,22+/m0/s1. The van der Waals surface area contributed by atoms with Crippen molar-refractivity contribution in [3.8, 4) is 6.07 Å². The van der Waals surface area contributed by atoms with Crippen LogP contribution in [0.2, 0.25) is 0 Å². The first-order chi connectivity index (χ1) is 18.5. The number of aliphatic hydroxyl groups excluding tert-OH is 1. The molecule has 2 aromatic rings. The molecule has 2 heterocycles. The van der Waals surface area contributed by atoms with Crippen molar-refractivity contribution in [2.24, 2.45) is 0 Å². The predicted octanol–water partition coefficient (Wildman–Crippen LogP) is 2.63. The van der Waals surface area contributed by atoms with Crippen LogP contribution in [0.25, 0.3) is 0 Å². The molecule has 13 heteroatoms. The van der Waals surface area contributed by atoms with Crippen LogP contribution in [0.3, 0.4) is 0 Å². The minimum absolute atomic E-state index is 0.195. The van der Waals surface area contributed by atoms with Crippen LogP contribution in [0.15, 0.2) is 34.0 Å². The van der Waals surface area contributed by atoms with Gasteiger partial charge >= 0.3 is 11.9 Å². The van der Waals surface area contributed by atoms with Gasteiger partial charge in [0, 0.05) is 38.9 Å². The quantitative estimate of drug-likeness (QED) is 0.411. The van der Waals surface area contributed by atoms with Gasteiger partial charge in [0.2, 0.25) is 0 Å². The van der Waals surface area contributed by atoms with E-state index in [1.165, 1.54) is 6.07 Å². The van der Waals surface area contributed by atoms with Crippen molar-refractivity contribution >= 4 is 11.6 Å². The Morgan fingerprint density at radius 2 is 1.92 bits per heavy atom. The number of aromatic nitrogens is 2. The molecular weight excluding hydrogens is 519 g/mol. The summed E-state index contributed by atoms with van der Waals surface area (Å²) < 4.78 is 47.4. The topological polar surface area (TPSA) is 130 Å². The summed E-state index contributed by atoms with van der Waals surface area (Å²) in [6.45, 7) is -0.169. The highest BCUT2D eigenvalue weighted by molar-refractivity contribution is 5.95. The SMILES string of the molecule is CN(C)c1ccc(C(=O)NCCCCCCn2c(=O)c(C(F)(F)F)cn([C@H]3CC[C@@H](CO)O3)c2=O)cc1C#N. The number of ether oxygens (including phenoxy) is 1. The van der Waals surface area contributed by atoms with E-state index in [1.54, 1.807) is 31.1 Å². The van der Waals surface area contributed by atoms with E-state index in [0.29, 0.717) is 59.8 Å². The summed E-state index contributed by atoms with van der Waals surface area (Å²) >= 11 is 0. The Morgan fingerprint density at radius 1 is 1.21 bits per heavy atom. The summed E-state index contributed by atoms with van der Waals surface area (Å²) in [4.78, 5) is 39.5. The first-order valence-corrected chi connectivity index (χ1v) is 12.7. The number of carbonyl (C=O) groups excluding carboxylic acids is 1. The van der Waals surface area contributed by atoms with Crippen molar-refractivity contribution in [3.63, 3.8) is 0 Å². The van der Waals surface area contributed by atoms with E-state index in [9.17, 15) is 37.9 Å². The fraction of sp³-hybridized carbons (Fsp3) is 0.538. The molecule has 39 heavy (non-hydrogen) atoms. The van der Waals surface area contributed by atoms with Crippen LogP contribution < -0.4 is 21.5 Å². The van der Waals surface area contributed by atoms with Crippen LogP contribution >= 0.6 is 0 Å². The highest BCUT2D eigenvalue weighted by atomic mass is 19.4. The zero-order chi connectivity index (χ0) is 28.7. The Balaban J connectivity index is 1.55. The van der Waals surface area contributed by atoms with E-state index in [1.807, 2.05) is 0 Å². The first kappa shape index (κ1) is 29.9. The minimum Gasteiger partial charge on any atom is -0.394 e. The second-order valence-corrected chi connectivity index (χ2v) is 9.57. The van der Waals surface area contributed by atoms with Gasteiger partial charge in [0.15, 0.2) is 0 Å². The molecule has 2 atom stereocenters. The molecule has 0 bridgehead atoms. The summed E-state index contributed by atoms with van der Waals surface area (Å²) in [5, 5.41) is 21.3. The number of halogens is 3. The average Bonchev–Trinajstić information content (AvgIpc) is 3.37. The summed E-state index contributed by atoms with van der Waals surface area (Å²) in [7, 11) is 3.60. The van der Waals surface area contributed by atoms with E-state index in [-0.39, 0.29) is 31.9 Å². The molecule has 10 nitrogen and oxygen atoms in total. The summed E-state index contributed by atoms with van der Waals surface area (Å²) in [5.74, 6) is -0.328. The Hall–Kier alpha value is -3.63. The van der Waals surface area contributed by atoms with Gasteiger partial charge in [-0.05, 0) is 43.9 Å². The van der Waals surface area contributed by atoms with Gasteiger partial charge in [-0.25, -0.2) is 4.79 Å². The van der Waals surface area contributed by atoms with Gasteiger partial charge in [-0.1, -0.05) is 12.8 Å². The third-order valence-corrected chi connectivity index (χ3v) is 6.56. The summed E-state index contributed by atoms with van der Waals surface area (Å²) in [6.07, 6.45) is -3.41. The number of unbranched alkanes of at least 4 members (excludes halogenated alkanes) is 3. The van der Waals surface area contributed by atoms with E-state index in [2.05, 4.69) is 11.4 Å². The number of nitriles is 1. The molecule has 1 aliphatic heterocycles. The number of alkyl halides is 3. The Labute approximate surface area is 223 Å². The van der Waals surface area contributed by atoms with Crippen molar-refractivity contribution in [3.05, 3.63) is 61.9 Å². The maximum Gasteiger partial charge on any atom is 0.423 e. The Bertz CT molecular complexity index is 1330. The monoisotopic (exact) mass is 551 g/mol. The van der Waals surface area contributed by atoms with Crippen LogP contribution in [0.4, 0.5) is 18.9 Å². The van der Waals surface area contributed by atoms with Gasteiger partial charge in [-0.15, -0.1) is 0 Å². The van der Waals surface area contributed by atoms with E-state index >= 15 is 0 Å². The van der Waals surface area contributed by atoms with Crippen LogP contribution in [-0.4, -0.2) is 53.5 Å². The number of nitrogens with one attached hydrogen (secondary N) is 1. The van der Waals surface area contributed by atoms with Crippen LogP contribution in [0.1, 0.15) is 66.2 Å². The summed E-state index contributed by atoms with van der Waals surface area (Å²) in [6, 6.07) is 6.92. The second-order valence-electron chi connectivity index (χ2n) is 9.57. The van der Waals surface area contributed by atoms with Crippen molar-refractivity contribution in [1.29, 1.82) is 5.26 Å². The molecule has 1 fully saturated rings. The molecule has 0 radical (unpaired) electrons. The Kier molecular flexibility index (Phi) is 9.93.